The molecule has 3 fully saturated rings. The molecule has 8 heteroatoms. The predicted molar refractivity (Wildman–Crippen MR) is 116 cm³/mol. The lowest BCUT2D eigenvalue weighted by Crippen LogP contribution is -2.16. The van der Waals surface area contributed by atoms with Gasteiger partial charge >= 0.3 is 0 Å². The molecule has 0 saturated heterocycles. The highest BCUT2D eigenvalue weighted by Crippen LogP contribution is 2.46. The Morgan fingerprint density at radius 3 is 2.55 bits per heavy atom. The topological polar surface area (TPSA) is 109 Å². The summed E-state index contributed by atoms with van der Waals surface area (Å²) in [5, 5.41) is 9.13. The molecule has 1 heterocycles. The third kappa shape index (κ3) is 4.21. The van der Waals surface area contributed by atoms with E-state index in [1.54, 1.807) is 24.4 Å². The van der Waals surface area contributed by atoms with Crippen molar-refractivity contribution in [3.05, 3.63) is 47.7 Å². The Hall–Kier alpha value is -2.74. The van der Waals surface area contributed by atoms with Gasteiger partial charge in [-0.3, -0.25) is 14.7 Å². The van der Waals surface area contributed by atoms with E-state index in [0.29, 0.717) is 34.7 Å². The molecule has 0 aliphatic heterocycles. The van der Waals surface area contributed by atoms with Gasteiger partial charge in [-0.1, -0.05) is 12.1 Å². The Morgan fingerprint density at radius 1 is 1.13 bits per heavy atom. The molecule has 3 saturated carbocycles. The molecule has 162 valence electrons. The molecular weight excluding hydrogens is 414 g/mol. The van der Waals surface area contributed by atoms with E-state index >= 15 is 0 Å². The predicted octanol–water partition coefficient (Wildman–Crippen LogP) is 3.61. The maximum atomic E-state index is 13.1. The Morgan fingerprint density at radius 2 is 1.94 bits per heavy atom. The van der Waals surface area contributed by atoms with Gasteiger partial charge in [0.1, 0.15) is 11.6 Å². The van der Waals surface area contributed by atoms with Crippen LogP contribution in [0, 0.1) is 5.92 Å². The summed E-state index contributed by atoms with van der Waals surface area (Å²) in [6.07, 6.45) is 8.49. The number of aromatic amines is 1. The van der Waals surface area contributed by atoms with Crippen LogP contribution in [0.15, 0.2) is 41.4 Å². The number of allylic oxidation sites excluding steroid dienone is 1. The second-order valence-electron chi connectivity index (χ2n) is 8.82. The molecule has 2 aromatic rings. The third-order valence-electron chi connectivity index (χ3n) is 6.29. The van der Waals surface area contributed by atoms with E-state index in [0.717, 1.165) is 37.7 Å². The first-order valence-corrected chi connectivity index (χ1v) is 12.4. The van der Waals surface area contributed by atoms with Gasteiger partial charge in [0, 0.05) is 24.5 Å². The molecule has 1 atom stereocenters. The number of carbonyl (C=O) groups is 2. The van der Waals surface area contributed by atoms with Gasteiger partial charge in [0.15, 0.2) is 9.84 Å². The molecule has 2 N–H and O–H groups in total. The number of benzene rings is 1. The van der Waals surface area contributed by atoms with Gasteiger partial charge in [0.2, 0.25) is 0 Å². The van der Waals surface area contributed by atoms with Crippen molar-refractivity contribution in [1.29, 1.82) is 0 Å². The Balaban J connectivity index is 1.53. The van der Waals surface area contributed by atoms with Crippen molar-refractivity contribution < 1.29 is 18.0 Å². The van der Waals surface area contributed by atoms with Gasteiger partial charge in [0.05, 0.1) is 16.3 Å². The number of anilines is 1. The fourth-order valence-electron chi connectivity index (χ4n) is 4.29. The molecule has 1 amide bonds. The molecule has 0 spiro atoms. The lowest BCUT2D eigenvalue weighted by atomic mass is 9.95. The number of amides is 1. The fourth-order valence-corrected chi connectivity index (χ4v) is 6.21. The first-order chi connectivity index (χ1) is 14.9. The monoisotopic (exact) mass is 439 g/mol. The number of hydrogen-bond acceptors (Lipinski definition) is 5. The van der Waals surface area contributed by atoms with Crippen molar-refractivity contribution in [2.45, 2.75) is 61.0 Å². The molecule has 0 radical (unpaired) electrons. The summed E-state index contributed by atoms with van der Waals surface area (Å²) in [4.78, 5) is 25.3. The van der Waals surface area contributed by atoms with E-state index in [9.17, 15) is 18.0 Å². The van der Waals surface area contributed by atoms with Crippen molar-refractivity contribution in [2.24, 2.45) is 5.92 Å². The minimum atomic E-state index is -3.31. The van der Waals surface area contributed by atoms with Crippen LogP contribution in [0.3, 0.4) is 0 Å². The van der Waals surface area contributed by atoms with Crippen molar-refractivity contribution in [1.82, 2.24) is 10.2 Å². The maximum Gasteiger partial charge on any atom is 0.257 e. The second-order valence-corrected chi connectivity index (χ2v) is 11.0. The molecule has 3 aliphatic rings. The zero-order chi connectivity index (χ0) is 21.6. The van der Waals surface area contributed by atoms with Crippen molar-refractivity contribution in [3.63, 3.8) is 0 Å². The lowest BCUT2D eigenvalue weighted by Gasteiger charge is -2.15. The van der Waals surface area contributed by atoms with Crippen LogP contribution in [0.5, 0.6) is 0 Å². The molecule has 1 aromatic heterocycles. The quantitative estimate of drug-likeness (QED) is 0.641. The summed E-state index contributed by atoms with van der Waals surface area (Å²) >= 11 is 0. The normalized spacial score (nSPS) is 22.0. The van der Waals surface area contributed by atoms with Crippen molar-refractivity contribution >= 4 is 32.9 Å². The van der Waals surface area contributed by atoms with Crippen LogP contribution in [-0.4, -0.2) is 35.6 Å². The molecule has 5 rings (SSSR count). The average molecular weight is 440 g/mol. The second kappa shape index (κ2) is 7.75. The van der Waals surface area contributed by atoms with Gasteiger partial charge in [-0.05, 0) is 67.2 Å². The lowest BCUT2D eigenvalue weighted by molar-refractivity contribution is -0.117. The number of aromatic nitrogens is 2. The van der Waals surface area contributed by atoms with Gasteiger partial charge in [-0.2, -0.15) is 5.10 Å². The largest absolute Gasteiger partial charge is 0.307 e. The average Bonchev–Trinajstić information content (AvgIpc) is 3.67. The van der Waals surface area contributed by atoms with Crippen LogP contribution >= 0.6 is 0 Å². The molecule has 31 heavy (non-hydrogen) atoms. The van der Waals surface area contributed by atoms with E-state index in [1.165, 1.54) is 0 Å². The minimum Gasteiger partial charge on any atom is -0.307 e. The Bertz CT molecular complexity index is 1160. The van der Waals surface area contributed by atoms with E-state index in [-0.39, 0.29) is 28.8 Å². The number of H-pyrrole nitrogens is 1. The van der Waals surface area contributed by atoms with E-state index in [4.69, 9.17) is 0 Å². The van der Waals surface area contributed by atoms with Gasteiger partial charge < -0.3 is 5.32 Å². The van der Waals surface area contributed by atoms with Gasteiger partial charge in [0.25, 0.3) is 5.91 Å². The first-order valence-electron chi connectivity index (χ1n) is 10.8. The number of hydrogen-bond donors (Lipinski definition) is 2. The summed E-state index contributed by atoms with van der Waals surface area (Å²) in [6, 6.07) is 6.95. The fraction of sp³-hybridized carbons (Fsp3) is 0.435. The highest BCUT2D eigenvalue weighted by atomic mass is 32.2. The minimum absolute atomic E-state index is 0.00858. The van der Waals surface area contributed by atoms with E-state index in [1.807, 2.05) is 12.1 Å². The Labute approximate surface area is 181 Å². The molecule has 0 unspecified atom stereocenters. The summed E-state index contributed by atoms with van der Waals surface area (Å²) in [6.45, 7) is 0. The maximum absolute atomic E-state index is 13.1. The molecule has 1 aromatic carbocycles. The Kier molecular flexibility index (Phi) is 5.04. The number of carbonyl (C=O) groups excluding carboxylic acids is 2. The van der Waals surface area contributed by atoms with Crippen LogP contribution in [-0.2, 0) is 19.4 Å². The van der Waals surface area contributed by atoms with Crippen LogP contribution in [0.1, 0.15) is 62.0 Å². The number of nitrogens with one attached hydrogen (secondary N) is 2. The molecule has 7 nitrogen and oxygen atoms in total. The van der Waals surface area contributed by atoms with Crippen LogP contribution in [0.4, 0.5) is 5.82 Å². The number of nitrogens with zero attached hydrogens (tertiary/aromatic N) is 1. The van der Waals surface area contributed by atoms with E-state index in [2.05, 4.69) is 15.5 Å². The SMILES string of the molecule is O=C1CC[C@H](C=C(C(=O)Nc2ccn[nH]2)c2ccc(S(=O)(=O)C3CC3)c(C3CC3)c2)C1. The highest BCUT2D eigenvalue weighted by molar-refractivity contribution is 7.92. The van der Waals surface area contributed by atoms with E-state index < -0.39 is 9.84 Å². The zero-order valence-corrected chi connectivity index (χ0v) is 18.0. The van der Waals surface area contributed by atoms with Crippen LogP contribution < -0.4 is 5.32 Å². The molecule has 3 aliphatic carbocycles. The van der Waals surface area contributed by atoms with Crippen molar-refractivity contribution in [3.8, 4) is 0 Å². The summed E-state index contributed by atoms with van der Waals surface area (Å²) < 4.78 is 25.9. The summed E-state index contributed by atoms with van der Waals surface area (Å²) in [7, 11) is -3.31. The molecular formula is C23H25N3O4S. The van der Waals surface area contributed by atoms with Gasteiger partial charge in [-0.15, -0.1) is 0 Å². The highest BCUT2D eigenvalue weighted by Gasteiger charge is 2.40. The van der Waals surface area contributed by atoms with Crippen LogP contribution in [0.2, 0.25) is 0 Å². The zero-order valence-electron chi connectivity index (χ0n) is 17.1. The first kappa shape index (κ1) is 20.2. The standard InChI is InChI=1S/C23H25N3O4S/c27-17-5-1-14(11-17)12-20(23(28)25-22-9-10-24-26-22)16-4-8-21(19(13-16)15-2-3-15)31(29,30)18-6-7-18/h4,8-10,12-15,18H,1-3,5-7,11H2,(H2,24,25,26,28)/t14-/m0/s1. The summed E-state index contributed by atoms with van der Waals surface area (Å²) in [5.74, 6) is 0.624. The van der Waals surface area contributed by atoms with Gasteiger partial charge in [-0.25, -0.2) is 8.42 Å². The number of rotatable bonds is 7. The number of Topliss-reactive ketones (excluding diaryl/α,β-unsaturated/α-hetero) is 1. The number of sulfone groups is 1. The van der Waals surface area contributed by atoms with Crippen LogP contribution in [0.25, 0.3) is 5.57 Å². The number of ketones is 1. The molecule has 0 bridgehead atoms. The summed E-state index contributed by atoms with van der Waals surface area (Å²) in [5.41, 5.74) is 1.98. The van der Waals surface area contributed by atoms with Crippen molar-refractivity contribution in [2.75, 3.05) is 5.32 Å². The smallest absolute Gasteiger partial charge is 0.257 e. The third-order valence-corrected chi connectivity index (χ3v) is 8.62.